The third-order valence-electron chi connectivity index (χ3n) is 2.38. The Morgan fingerprint density at radius 2 is 2.35 bits per heavy atom. The van der Waals surface area contributed by atoms with Crippen LogP contribution in [0.4, 0.5) is 0 Å². The molecule has 1 atom stereocenters. The second-order valence-corrected chi connectivity index (χ2v) is 6.20. The van der Waals surface area contributed by atoms with E-state index in [1.807, 2.05) is 7.05 Å². The normalized spacial score (nSPS) is 13.2. The highest BCUT2D eigenvalue weighted by atomic mass is 79.9. The molecule has 0 aliphatic rings. The second-order valence-electron chi connectivity index (χ2n) is 4.29. The van der Waals surface area contributed by atoms with Crippen molar-refractivity contribution in [2.24, 2.45) is 0 Å². The van der Waals surface area contributed by atoms with Crippen LogP contribution in [0.2, 0.25) is 0 Å². The molecule has 1 aromatic rings. The van der Waals surface area contributed by atoms with Gasteiger partial charge in [-0.25, -0.2) is 0 Å². The summed E-state index contributed by atoms with van der Waals surface area (Å²) in [5.74, 6) is 0. The van der Waals surface area contributed by atoms with E-state index in [4.69, 9.17) is 0 Å². The van der Waals surface area contributed by atoms with Gasteiger partial charge in [0.1, 0.15) is 0 Å². The molecule has 0 bridgehead atoms. The number of nitrogens with zero attached hydrogens (tertiary/aromatic N) is 1. The Morgan fingerprint density at radius 1 is 1.59 bits per heavy atom. The molecule has 1 aromatic heterocycles. The first-order valence-electron chi connectivity index (χ1n) is 5.92. The maximum absolute atomic E-state index is 9.82. The van der Waals surface area contributed by atoms with E-state index in [1.165, 1.54) is 4.88 Å². The maximum Gasteiger partial charge on any atom is 0.0791 e. The highest BCUT2D eigenvalue weighted by molar-refractivity contribution is 9.10. The van der Waals surface area contributed by atoms with Gasteiger partial charge in [-0.05, 0) is 42.0 Å². The first-order valence-corrected chi connectivity index (χ1v) is 7.59. The van der Waals surface area contributed by atoms with Gasteiger partial charge in [-0.3, -0.25) is 4.90 Å². The van der Waals surface area contributed by atoms with Crippen LogP contribution in [0.3, 0.4) is 0 Å². The van der Waals surface area contributed by atoms with Crippen molar-refractivity contribution in [3.63, 3.8) is 0 Å². The molecule has 5 heteroatoms. The van der Waals surface area contributed by atoms with Crippen molar-refractivity contribution in [2.75, 3.05) is 26.7 Å². The molecular formula is C12H21BrN2OS. The molecule has 0 radical (unpaired) electrons. The van der Waals surface area contributed by atoms with Crippen LogP contribution in [-0.2, 0) is 6.54 Å². The quantitative estimate of drug-likeness (QED) is 0.721. The Hall–Kier alpha value is 0.0600. The lowest BCUT2D eigenvalue weighted by Gasteiger charge is -2.20. The molecule has 2 N–H and O–H groups in total. The third kappa shape index (κ3) is 6.52. The summed E-state index contributed by atoms with van der Waals surface area (Å²) in [5, 5.41) is 15.1. The van der Waals surface area contributed by atoms with E-state index in [9.17, 15) is 5.11 Å². The molecular weight excluding hydrogens is 300 g/mol. The van der Waals surface area contributed by atoms with Gasteiger partial charge in [-0.1, -0.05) is 6.92 Å². The number of thiophene rings is 1. The number of halogens is 1. The van der Waals surface area contributed by atoms with Crippen LogP contribution < -0.4 is 5.32 Å². The van der Waals surface area contributed by atoms with E-state index in [0.717, 1.165) is 24.0 Å². The molecule has 3 nitrogen and oxygen atoms in total. The predicted octanol–water partition coefficient (Wildman–Crippen LogP) is 2.30. The smallest absolute Gasteiger partial charge is 0.0791 e. The molecule has 0 aromatic carbocycles. The van der Waals surface area contributed by atoms with E-state index in [2.05, 4.69) is 44.5 Å². The molecule has 1 unspecified atom stereocenters. The Morgan fingerprint density at radius 3 is 2.94 bits per heavy atom. The Bertz CT molecular complexity index is 319. The molecule has 0 saturated heterocycles. The van der Waals surface area contributed by atoms with Crippen molar-refractivity contribution < 1.29 is 5.11 Å². The molecule has 0 aliphatic carbocycles. The number of hydrogen-bond acceptors (Lipinski definition) is 4. The molecule has 0 saturated carbocycles. The van der Waals surface area contributed by atoms with Crippen LogP contribution in [0.5, 0.6) is 0 Å². The van der Waals surface area contributed by atoms with E-state index in [1.54, 1.807) is 11.3 Å². The summed E-state index contributed by atoms with van der Waals surface area (Å²) in [5.41, 5.74) is 0. The summed E-state index contributed by atoms with van der Waals surface area (Å²) in [6, 6.07) is 2.13. The summed E-state index contributed by atoms with van der Waals surface area (Å²) in [4.78, 5) is 3.46. The maximum atomic E-state index is 9.82. The van der Waals surface area contributed by atoms with Gasteiger partial charge < -0.3 is 10.4 Å². The van der Waals surface area contributed by atoms with Crippen LogP contribution in [0.25, 0.3) is 0 Å². The monoisotopic (exact) mass is 320 g/mol. The minimum Gasteiger partial charge on any atom is -0.390 e. The fraction of sp³-hybridized carbons (Fsp3) is 0.667. The van der Waals surface area contributed by atoms with Gasteiger partial charge in [-0.15, -0.1) is 11.3 Å². The van der Waals surface area contributed by atoms with E-state index >= 15 is 0 Å². The second kappa shape index (κ2) is 8.21. The fourth-order valence-electron chi connectivity index (χ4n) is 1.64. The molecule has 0 fully saturated rings. The summed E-state index contributed by atoms with van der Waals surface area (Å²) >= 11 is 5.19. The average Bonchev–Trinajstić information content (AvgIpc) is 2.64. The first-order chi connectivity index (χ1) is 8.11. The van der Waals surface area contributed by atoms with Crippen LogP contribution in [-0.4, -0.2) is 42.8 Å². The van der Waals surface area contributed by atoms with Gasteiger partial charge in [0.05, 0.1) is 6.10 Å². The van der Waals surface area contributed by atoms with Crippen molar-refractivity contribution in [1.29, 1.82) is 0 Å². The van der Waals surface area contributed by atoms with E-state index in [0.29, 0.717) is 13.1 Å². The van der Waals surface area contributed by atoms with Crippen LogP contribution in [0, 0.1) is 0 Å². The molecule has 0 amide bonds. The van der Waals surface area contributed by atoms with Crippen molar-refractivity contribution in [3.05, 3.63) is 20.8 Å². The van der Waals surface area contributed by atoms with E-state index in [-0.39, 0.29) is 6.10 Å². The lowest BCUT2D eigenvalue weighted by Crippen LogP contribution is -2.36. The number of rotatable bonds is 8. The molecule has 1 heterocycles. The van der Waals surface area contributed by atoms with Crippen molar-refractivity contribution >= 4 is 27.3 Å². The highest BCUT2D eigenvalue weighted by Gasteiger charge is 2.09. The van der Waals surface area contributed by atoms with Gasteiger partial charge in [-0.2, -0.15) is 0 Å². The summed E-state index contributed by atoms with van der Waals surface area (Å²) in [7, 11) is 2.04. The molecule has 0 aliphatic heterocycles. The Labute approximate surface area is 116 Å². The number of aliphatic hydroxyl groups is 1. The van der Waals surface area contributed by atoms with Gasteiger partial charge in [0.15, 0.2) is 0 Å². The largest absolute Gasteiger partial charge is 0.390 e. The zero-order chi connectivity index (χ0) is 12.7. The van der Waals surface area contributed by atoms with Crippen molar-refractivity contribution in [3.8, 4) is 0 Å². The third-order valence-corrected chi connectivity index (χ3v) is 4.06. The first kappa shape index (κ1) is 15.1. The fourth-order valence-corrected chi connectivity index (χ4v) is 3.17. The molecule has 0 spiro atoms. The van der Waals surface area contributed by atoms with Gasteiger partial charge >= 0.3 is 0 Å². The summed E-state index contributed by atoms with van der Waals surface area (Å²) in [6.45, 7) is 5.36. The number of hydrogen-bond donors (Lipinski definition) is 2. The number of likely N-dealkylation sites (N-methyl/N-ethyl adjacent to an activating group) is 1. The van der Waals surface area contributed by atoms with Crippen LogP contribution >= 0.6 is 27.3 Å². The summed E-state index contributed by atoms with van der Waals surface area (Å²) < 4.78 is 1.14. The average molecular weight is 321 g/mol. The van der Waals surface area contributed by atoms with Crippen molar-refractivity contribution in [2.45, 2.75) is 26.0 Å². The Balaban J connectivity index is 2.21. The Kier molecular flexibility index (Phi) is 7.30. The molecule has 98 valence electrons. The van der Waals surface area contributed by atoms with Crippen LogP contribution in [0.1, 0.15) is 18.2 Å². The van der Waals surface area contributed by atoms with E-state index < -0.39 is 0 Å². The van der Waals surface area contributed by atoms with Gasteiger partial charge in [0.2, 0.25) is 0 Å². The lowest BCUT2D eigenvalue weighted by molar-refractivity contribution is 0.122. The van der Waals surface area contributed by atoms with Crippen molar-refractivity contribution in [1.82, 2.24) is 10.2 Å². The van der Waals surface area contributed by atoms with Gasteiger partial charge in [0.25, 0.3) is 0 Å². The van der Waals surface area contributed by atoms with Crippen LogP contribution in [0.15, 0.2) is 15.9 Å². The topological polar surface area (TPSA) is 35.5 Å². The summed E-state index contributed by atoms with van der Waals surface area (Å²) in [6.07, 6.45) is 0.807. The lowest BCUT2D eigenvalue weighted by atomic mass is 10.3. The highest BCUT2D eigenvalue weighted by Crippen LogP contribution is 2.20. The standard InChI is InChI=1S/C12H21BrN2OS/c1-3-4-14-6-11(16)7-15(2)8-12-5-10(13)9-17-12/h5,9,11,14,16H,3-4,6-8H2,1-2H3. The van der Waals surface area contributed by atoms with Gasteiger partial charge in [0, 0.05) is 34.4 Å². The molecule has 17 heavy (non-hydrogen) atoms. The predicted molar refractivity (Wildman–Crippen MR) is 77.5 cm³/mol. The zero-order valence-corrected chi connectivity index (χ0v) is 12.9. The SMILES string of the molecule is CCCNCC(O)CN(C)Cc1cc(Br)cs1. The minimum atomic E-state index is -0.296. The molecule has 1 rings (SSSR count). The zero-order valence-electron chi connectivity index (χ0n) is 10.4. The number of nitrogens with one attached hydrogen (secondary N) is 1. The number of aliphatic hydroxyl groups excluding tert-OH is 1. The minimum absolute atomic E-state index is 0.296.